The Morgan fingerprint density at radius 1 is 1.53 bits per heavy atom. The van der Waals surface area contributed by atoms with E-state index in [2.05, 4.69) is 9.97 Å². The van der Waals surface area contributed by atoms with Gasteiger partial charge in [0.05, 0.1) is 18.5 Å². The summed E-state index contributed by atoms with van der Waals surface area (Å²) in [6.07, 6.45) is 3.44. The number of aromatic carboxylic acids is 1. The summed E-state index contributed by atoms with van der Waals surface area (Å²) in [5, 5.41) is 8.86. The van der Waals surface area contributed by atoms with Crippen LogP contribution in [0, 0.1) is 0 Å². The molecule has 1 saturated heterocycles. The summed E-state index contributed by atoms with van der Waals surface area (Å²) in [5.74, 6) is -0.874. The first-order chi connectivity index (χ1) is 9.16. The van der Waals surface area contributed by atoms with Crippen molar-refractivity contribution < 1.29 is 14.6 Å². The number of hydrogen-bond acceptors (Lipinski definition) is 5. The SMILES string of the molecule is O=C(O)c1cnc2nc(C3CCOC3)ccn2c1=O. The molecule has 0 saturated carbocycles. The molecule has 2 aromatic heterocycles. The Morgan fingerprint density at radius 2 is 2.37 bits per heavy atom. The zero-order valence-electron chi connectivity index (χ0n) is 9.94. The molecule has 7 heteroatoms. The summed E-state index contributed by atoms with van der Waals surface area (Å²) in [5.41, 5.74) is -0.178. The normalized spacial score (nSPS) is 18.8. The van der Waals surface area contributed by atoms with Crippen LogP contribution in [0.5, 0.6) is 0 Å². The van der Waals surface area contributed by atoms with Crippen LogP contribution in [-0.2, 0) is 4.74 Å². The molecule has 0 radical (unpaired) electrons. The molecule has 0 aliphatic carbocycles. The van der Waals surface area contributed by atoms with E-state index >= 15 is 0 Å². The number of hydrogen-bond donors (Lipinski definition) is 1. The van der Waals surface area contributed by atoms with Crippen LogP contribution in [0.15, 0.2) is 23.3 Å². The molecule has 0 aromatic carbocycles. The van der Waals surface area contributed by atoms with Crippen LogP contribution in [0.4, 0.5) is 0 Å². The van der Waals surface area contributed by atoms with E-state index in [1.807, 2.05) is 0 Å². The molecule has 1 aliphatic heterocycles. The maximum Gasteiger partial charge on any atom is 0.342 e. The highest BCUT2D eigenvalue weighted by molar-refractivity contribution is 5.86. The number of carboxylic acid groups (broad SMARTS) is 1. The third-order valence-electron chi connectivity index (χ3n) is 3.18. The third kappa shape index (κ3) is 1.97. The lowest BCUT2D eigenvalue weighted by molar-refractivity contribution is 0.0694. The average molecular weight is 261 g/mol. The zero-order valence-corrected chi connectivity index (χ0v) is 9.94. The summed E-state index contributed by atoms with van der Waals surface area (Å²) in [6, 6.07) is 1.71. The van der Waals surface area contributed by atoms with Crippen LogP contribution < -0.4 is 5.56 Å². The van der Waals surface area contributed by atoms with E-state index in [1.165, 1.54) is 6.20 Å². The Balaban J connectivity index is 2.12. The quantitative estimate of drug-likeness (QED) is 0.835. The average Bonchev–Trinajstić information content (AvgIpc) is 2.92. The highest BCUT2D eigenvalue weighted by Crippen LogP contribution is 2.23. The van der Waals surface area contributed by atoms with Gasteiger partial charge in [0.1, 0.15) is 5.56 Å². The first-order valence-electron chi connectivity index (χ1n) is 5.86. The Kier molecular flexibility index (Phi) is 2.75. The predicted octanol–water partition coefficient (Wildman–Crippen LogP) is 0.292. The molecule has 19 heavy (non-hydrogen) atoms. The van der Waals surface area contributed by atoms with Gasteiger partial charge in [0, 0.05) is 18.7 Å². The second-order valence-electron chi connectivity index (χ2n) is 4.37. The smallest absolute Gasteiger partial charge is 0.342 e. The summed E-state index contributed by atoms with van der Waals surface area (Å²) in [4.78, 5) is 31.0. The molecule has 1 unspecified atom stereocenters. The van der Waals surface area contributed by atoms with Gasteiger partial charge in [-0.3, -0.25) is 9.20 Å². The lowest BCUT2D eigenvalue weighted by Gasteiger charge is -2.08. The second kappa shape index (κ2) is 4.43. The molecule has 2 aromatic rings. The van der Waals surface area contributed by atoms with Gasteiger partial charge in [-0.1, -0.05) is 0 Å². The molecule has 0 bridgehead atoms. The molecule has 1 aliphatic rings. The Labute approximate surface area is 107 Å². The van der Waals surface area contributed by atoms with Gasteiger partial charge >= 0.3 is 5.97 Å². The number of fused-ring (bicyclic) bond motifs is 1. The van der Waals surface area contributed by atoms with Crippen molar-refractivity contribution in [3.05, 3.63) is 40.1 Å². The molecule has 1 fully saturated rings. The summed E-state index contributed by atoms with van der Waals surface area (Å²) >= 11 is 0. The molecule has 1 N–H and O–H groups in total. The third-order valence-corrected chi connectivity index (χ3v) is 3.18. The summed E-state index contributed by atoms with van der Waals surface area (Å²) < 4.78 is 6.43. The van der Waals surface area contributed by atoms with E-state index < -0.39 is 11.5 Å². The number of nitrogens with zero attached hydrogens (tertiary/aromatic N) is 3. The van der Waals surface area contributed by atoms with Gasteiger partial charge < -0.3 is 9.84 Å². The van der Waals surface area contributed by atoms with E-state index in [-0.39, 0.29) is 17.3 Å². The predicted molar refractivity (Wildman–Crippen MR) is 64.4 cm³/mol. The van der Waals surface area contributed by atoms with Crippen molar-refractivity contribution in [3.8, 4) is 0 Å². The fourth-order valence-electron chi connectivity index (χ4n) is 2.12. The molecular formula is C12H11N3O4. The monoisotopic (exact) mass is 261 g/mol. The molecule has 98 valence electrons. The number of rotatable bonds is 2. The molecule has 0 spiro atoms. The molecule has 3 heterocycles. The first kappa shape index (κ1) is 11.8. The number of carbonyl (C=O) groups is 1. The van der Waals surface area contributed by atoms with Crippen LogP contribution in [0.1, 0.15) is 28.4 Å². The molecule has 7 nitrogen and oxygen atoms in total. The number of ether oxygens (including phenoxy) is 1. The van der Waals surface area contributed by atoms with Gasteiger partial charge in [0.2, 0.25) is 5.78 Å². The maximum absolute atomic E-state index is 11.9. The fourth-order valence-corrected chi connectivity index (χ4v) is 2.12. The molecule has 1 atom stereocenters. The maximum atomic E-state index is 11.9. The molecule has 3 rings (SSSR count). The van der Waals surface area contributed by atoms with Crippen LogP contribution in [0.25, 0.3) is 5.78 Å². The van der Waals surface area contributed by atoms with Crippen molar-refractivity contribution >= 4 is 11.7 Å². The lowest BCUT2D eigenvalue weighted by atomic mass is 10.1. The van der Waals surface area contributed by atoms with Crippen LogP contribution in [0.2, 0.25) is 0 Å². The van der Waals surface area contributed by atoms with Crippen molar-refractivity contribution in [3.63, 3.8) is 0 Å². The molecular weight excluding hydrogens is 250 g/mol. The fraction of sp³-hybridized carbons (Fsp3) is 0.333. The van der Waals surface area contributed by atoms with Gasteiger partial charge in [-0.2, -0.15) is 0 Å². The van der Waals surface area contributed by atoms with E-state index in [0.29, 0.717) is 13.2 Å². The molecule has 0 amide bonds. The van der Waals surface area contributed by atoms with E-state index in [9.17, 15) is 9.59 Å². The first-order valence-corrected chi connectivity index (χ1v) is 5.86. The van der Waals surface area contributed by atoms with Crippen molar-refractivity contribution in [2.24, 2.45) is 0 Å². The van der Waals surface area contributed by atoms with Crippen molar-refractivity contribution in [1.82, 2.24) is 14.4 Å². The lowest BCUT2D eigenvalue weighted by Crippen LogP contribution is -2.23. The van der Waals surface area contributed by atoms with E-state index in [1.54, 1.807) is 6.07 Å². The highest BCUT2D eigenvalue weighted by atomic mass is 16.5. The number of aromatic nitrogens is 3. The minimum Gasteiger partial charge on any atom is -0.477 e. The van der Waals surface area contributed by atoms with Gasteiger partial charge in [-0.25, -0.2) is 14.8 Å². The van der Waals surface area contributed by atoms with Gasteiger partial charge in [-0.15, -0.1) is 0 Å². The topological polar surface area (TPSA) is 93.8 Å². The van der Waals surface area contributed by atoms with Crippen molar-refractivity contribution in [2.75, 3.05) is 13.2 Å². The van der Waals surface area contributed by atoms with E-state index in [0.717, 1.165) is 22.7 Å². The van der Waals surface area contributed by atoms with Crippen molar-refractivity contribution in [1.29, 1.82) is 0 Å². The Morgan fingerprint density at radius 3 is 3.05 bits per heavy atom. The van der Waals surface area contributed by atoms with E-state index in [4.69, 9.17) is 9.84 Å². The Hall–Kier alpha value is -2.28. The van der Waals surface area contributed by atoms with Gasteiger partial charge in [-0.05, 0) is 12.5 Å². The van der Waals surface area contributed by atoms with Crippen LogP contribution in [0.3, 0.4) is 0 Å². The van der Waals surface area contributed by atoms with Crippen LogP contribution >= 0.6 is 0 Å². The standard InChI is InChI=1S/C12H11N3O4/c16-10-8(11(17)18)5-13-12-14-9(1-3-15(10)12)7-2-4-19-6-7/h1,3,5,7H,2,4,6H2,(H,17,18). The largest absolute Gasteiger partial charge is 0.477 e. The Bertz CT molecular complexity index is 704. The highest BCUT2D eigenvalue weighted by Gasteiger charge is 2.20. The number of carboxylic acids is 1. The second-order valence-corrected chi connectivity index (χ2v) is 4.37. The van der Waals surface area contributed by atoms with Crippen molar-refractivity contribution in [2.45, 2.75) is 12.3 Å². The minimum atomic E-state index is -1.29. The minimum absolute atomic E-state index is 0.208. The zero-order chi connectivity index (χ0) is 13.4. The van der Waals surface area contributed by atoms with Crippen LogP contribution in [-0.4, -0.2) is 38.7 Å². The van der Waals surface area contributed by atoms with Gasteiger partial charge in [0.25, 0.3) is 5.56 Å². The summed E-state index contributed by atoms with van der Waals surface area (Å²) in [6.45, 7) is 1.32. The van der Waals surface area contributed by atoms with Gasteiger partial charge in [0.15, 0.2) is 0 Å². The summed E-state index contributed by atoms with van der Waals surface area (Å²) in [7, 11) is 0.